The number of aryl methyl sites for hydroxylation is 1. The SMILES string of the molecule is CN(C(=O)CC1(C)CCc2ccc(C(=O)NO)cc2C1)C1CC1. The predicted molar refractivity (Wildman–Crippen MR) is 86.2 cm³/mol. The van der Waals surface area contributed by atoms with Gasteiger partial charge >= 0.3 is 0 Å². The summed E-state index contributed by atoms with van der Waals surface area (Å²) in [5, 5.41) is 8.78. The second kappa shape index (κ2) is 5.96. The van der Waals surface area contributed by atoms with Gasteiger partial charge in [0.15, 0.2) is 0 Å². The van der Waals surface area contributed by atoms with Crippen molar-refractivity contribution in [3.05, 3.63) is 34.9 Å². The van der Waals surface area contributed by atoms with Gasteiger partial charge in [0.25, 0.3) is 5.91 Å². The number of hydrogen-bond donors (Lipinski definition) is 2. The number of carbonyl (C=O) groups is 2. The van der Waals surface area contributed by atoms with Gasteiger partial charge in [0, 0.05) is 25.1 Å². The summed E-state index contributed by atoms with van der Waals surface area (Å²) in [6.45, 7) is 2.16. The Morgan fingerprint density at radius 1 is 1.35 bits per heavy atom. The van der Waals surface area contributed by atoms with Crippen molar-refractivity contribution in [3.8, 4) is 0 Å². The molecule has 0 aliphatic heterocycles. The summed E-state index contributed by atoms with van der Waals surface area (Å²) in [5.74, 6) is -0.271. The Morgan fingerprint density at radius 2 is 2.09 bits per heavy atom. The van der Waals surface area contributed by atoms with Crippen molar-refractivity contribution >= 4 is 11.8 Å². The van der Waals surface area contributed by atoms with E-state index in [1.165, 1.54) is 5.56 Å². The molecule has 0 saturated heterocycles. The number of rotatable bonds is 4. The number of benzene rings is 1. The van der Waals surface area contributed by atoms with Crippen molar-refractivity contribution in [1.29, 1.82) is 0 Å². The van der Waals surface area contributed by atoms with E-state index in [1.807, 2.05) is 24.1 Å². The molecule has 5 heteroatoms. The third-order valence-corrected chi connectivity index (χ3v) is 5.25. The Bertz CT molecular complexity index is 639. The first kappa shape index (κ1) is 16.0. The lowest BCUT2D eigenvalue weighted by molar-refractivity contribution is -0.132. The van der Waals surface area contributed by atoms with Crippen molar-refractivity contribution in [2.45, 2.75) is 51.5 Å². The molecule has 2 aliphatic carbocycles. The van der Waals surface area contributed by atoms with E-state index < -0.39 is 5.91 Å². The van der Waals surface area contributed by atoms with E-state index in [2.05, 4.69) is 6.92 Å². The summed E-state index contributed by atoms with van der Waals surface area (Å²) in [4.78, 5) is 25.9. The topological polar surface area (TPSA) is 69.6 Å². The van der Waals surface area contributed by atoms with E-state index in [-0.39, 0.29) is 11.3 Å². The number of nitrogens with zero attached hydrogens (tertiary/aromatic N) is 1. The van der Waals surface area contributed by atoms with Gasteiger partial charge in [0.2, 0.25) is 5.91 Å². The van der Waals surface area contributed by atoms with Crippen molar-refractivity contribution in [1.82, 2.24) is 10.4 Å². The highest BCUT2D eigenvalue weighted by Crippen LogP contribution is 2.39. The maximum absolute atomic E-state index is 12.5. The molecule has 2 amide bonds. The van der Waals surface area contributed by atoms with Crippen LogP contribution in [0.2, 0.25) is 0 Å². The van der Waals surface area contributed by atoms with Gasteiger partial charge in [-0.05, 0) is 60.8 Å². The molecule has 1 unspecified atom stereocenters. The molecule has 23 heavy (non-hydrogen) atoms. The Kier molecular flexibility index (Phi) is 4.15. The first-order valence-corrected chi connectivity index (χ1v) is 8.24. The average Bonchev–Trinajstić information content (AvgIpc) is 3.37. The minimum Gasteiger partial charge on any atom is -0.343 e. The molecule has 0 radical (unpaired) electrons. The van der Waals surface area contributed by atoms with Crippen LogP contribution in [0, 0.1) is 5.41 Å². The summed E-state index contributed by atoms with van der Waals surface area (Å²) in [6.07, 6.45) is 5.50. The summed E-state index contributed by atoms with van der Waals surface area (Å²) < 4.78 is 0. The number of amides is 2. The van der Waals surface area contributed by atoms with Crippen LogP contribution < -0.4 is 5.48 Å². The quantitative estimate of drug-likeness (QED) is 0.661. The highest BCUT2D eigenvalue weighted by molar-refractivity contribution is 5.93. The van der Waals surface area contributed by atoms with E-state index >= 15 is 0 Å². The number of fused-ring (bicyclic) bond motifs is 1. The van der Waals surface area contributed by atoms with Crippen molar-refractivity contribution in [3.63, 3.8) is 0 Å². The zero-order valence-electron chi connectivity index (χ0n) is 13.8. The van der Waals surface area contributed by atoms with Gasteiger partial charge in [0.05, 0.1) is 0 Å². The normalized spacial score (nSPS) is 23.1. The molecule has 0 heterocycles. The van der Waals surface area contributed by atoms with Crippen LogP contribution in [0.3, 0.4) is 0 Å². The molecule has 1 aromatic rings. The van der Waals surface area contributed by atoms with Gasteiger partial charge in [0.1, 0.15) is 0 Å². The van der Waals surface area contributed by atoms with Gasteiger partial charge in [-0.25, -0.2) is 5.48 Å². The largest absolute Gasteiger partial charge is 0.343 e. The maximum Gasteiger partial charge on any atom is 0.274 e. The Labute approximate surface area is 136 Å². The molecule has 0 bridgehead atoms. The zero-order chi connectivity index (χ0) is 16.6. The number of hydrogen-bond acceptors (Lipinski definition) is 3. The third-order valence-electron chi connectivity index (χ3n) is 5.25. The minimum atomic E-state index is -0.496. The third kappa shape index (κ3) is 3.39. The zero-order valence-corrected chi connectivity index (χ0v) is 13.8. The van der Waals surface area contributed by atoms with E-state index in [0.717, 1.165) is 37.7 Å². The first-order valence-electron chi connectivity index (χ1n) is 8.24. The van der Waals surface area contributed by atoms with Gasteiger partial charge in [-0.2, -0.15) is 0 Å². The van der Waals surface area contributed by atoms with Crippen LogP contribution in [0.5, 0.6) is 0 Å². The van der Waals surface area contributed by atoms with Crippen LogP contribution in [0.1, 0.15) is 54.1 Å². The molecule has 1 saturated carbocycles. The molecule has 5 nitrogen and oxygen atoms in total. The smallest absolute Gasteiger partial charge is 0.274 e. The predicted octanol–water partition coefficient (Wildman–Crippen LogP) is 2.31. The Hall–Kier alpha value is -1.88. The molecular formula is C18H24N2O3. The first-order chi connectivity index (χ1) is 10.9. The highest BCUT2D eigenvalue weighted by Gasteiger charge is 2.36. The van der Waals surface area contributed by atoms with Crippen LogP contribution in [0.15, 0.2) is 18.2 Å². The number of hydroxylamine groups is 1. The fourth-order valence-electron chi connectivity index (χ4n) is 3.53. The molecule has 1 atom stereocenters. The monoisotopic (exact) mass is 316 g/mol. The standard InChI is InChI=1S/C18H24N2O3/c1-18(11-16(21)20(2)15-5-6-15)8-7-12-3-4-13(17(22)19-23)9-14(12)10-18/h3-4,9,15,23H,5-8,10-11H2,1-2H3,(H,19,22). The lowest BCUT2D eigenvalue weighted by Gasteiger charge is -2.36. The number of nitrogens with one attached hydrogen (secondary N) is 1. The van der Waals surface area contributed by atoms with Gasteiger partial charge in [-0.15, -0.1) is 0 Å². The van der Waals surface area contributed by atoms with Gasteiger partial charge in [-0.1, -0.05) is 13.0 Å². The van der Waals surface area contributed by atoms with Crippen LogP contribution >= 0.6 is 0 Å². The Morgan fingerprint density at radius 3 is 2.74 bits per heavy atom. The van der Waals surface area contributed by atoms with E-state index in [4.69, 9.17) is 5.21 Å². The van der Waals surface area contributed by atoms with E-state index in [0.29, 0.717) is 18.0 Å². The maximum atomic E-state index is 12.5. The second-order valence-electron chi connectivity index (χ2n) is 7.32. The molecule has 1 aromatic carbocycles. The fourth-order valence-corrected chi connectivity index (χ4v) is 3.53. The van der Waals surface area contributed by atoms with Crippen molar-refractivity contribution in [2.24, 2.45) is 5.41 Å². The summed E-state index contributed by atoms with van der Waals surface area (Å²) >= 11 is 0. The fraction of sp³-hybridized carbons (Fsp3) is 0.556. The molecule has 1 fully saturated rings. The Balaban J connectivity index is 1.74. The van der Waals surface area contributed by atoms with Gasteiger partial charge < -0.3 is 4.90 Å². The molecule has 2 N–H and O–H groups in total. The van der Waals surface area contributed by atoms with E-state index in [9.17, 15) is 9.59 Å². The van der Waals surface area contributed by atoms with Crippen LogP contribution in [-0.2, 0) is 17.6 Å². The van der Waals surface area contributed by atoms with Crippen LogP contribution in [-0.4, -0.2) is 35.0 Å². The van der Waals surface area contributed by atoms with Crippen LogP contribution in [0.25, 0.3) is 0 Å². The van der Waals surface area contributed by atoms with E-state index in [1.54, 1.807) is 11.5 Å². The van der Waals surface area contributed by atoms with Crippen molar-refractivity contribution in [2.75, 3.05) is 7.05 Å². The molecule has 3 rings (SSSR count). The lowest BCUT2D eigenvalue weighted by atomic mass is 9.70. The average molecular weight is 316 g/mol. The second-order valence-corrected chi connectivity index (χ2v) is 7.32. The van der Waals surface area contributed by atoms with Gasteiger partial charge in [-0.3, -0.25) is 14.8 Å². The molecule has 0 aromatic heterocycles. The lowest BCUT2D eigenvalue weighted by Crippen LogP contribution is -2.36. The summed E-state index contributed by atoms with van der Waals surface area (Å²) in [5.41, 5.74) is 4.41. The summed E-state index contributed by atoms with van der Waals surface area (Å²) in [7, 11) is 1.91. The molecule has 0 spiro atoms. The van der Waals surface area contributed by atoms with Crippen molar-refractivity contribution < 1.29 is 14.8 Å². The summed E-state index contributed by atoms with van der Waals surface area (Å²) in [6, 6.07) is 5.98. The molecular weight excluding hydrogens is 292 g/mol. The highest BCUT2D eigenvalue weighted by atomic mass is 16.5. The molecule has 124 valence electrons. The number of carbonyl (C=O) groups excluding carboxylic acids is 2. The van der Waals surface area contributed by atoms with Crippen LogP contribution in [0.4, 0.5) is 0 Å². The minimum absolute atomic E-state index is 0.0679. The molecule has 2 aliphatic rings.